The largest absolute Gasteiger partial charge is 0.356 e. The first kappa shape index (κ1) is 25.4. The van der Waals surface area contributed by atoms with Gasteiger partial charge in [0.25, 0.3) is 5.91 Å². The topological polar surface area (TPSA) is 67.2 Å². The third-order valence-corrected chi connectivity index (χ3v) is 9.38. The molecule has 1 aromatic carbocycles. The van der Waals surface area contributed by atoms with Crippen LogP contribution in [0.2, 0.25) is 0 Å². The second kappa shape index (κ2) is 9.21. The molecule has 1 saturated heterocycles. The van der Waals surface area contributed by atoms with Gasteiger partial charge in [-0.25, -0.2) is 18.2 Å². The van der Waals surface area contributed by atoms with E-state index in [1.807, 2.05) is 11.8 Å². The van der Waals surface area contributed by atoms with Gasteiger partial charge in [-0.3, -0.25) is 14.2 Å². The maximum atomic E-state index is 15.1. The number of aromatic nitrogens is 2. The normalized spacial score (nSPS) is 27.8. The van der Waals surface area contributed by atoms with Crippen LogP contribution in [-0.4, -0.2) is 40.3 Å². The smallest absolute Gasteiger partial charge is 0.257 e. The van der Waals surface area contributed by atoms with Crippen molar-refractivity contribution < 1.29 is 18.0 Å². The van der Waals surface area contributed by atoms with Gasteiger partial charge in [-0.1, -0.05) is 11.6 Å². The second-order valence-electron chi connectivity index (χ2n) is 12.2. The van der Waals surface area contributed by atoms with Crippen LogP contribution in [0.1, 0.15) is 55.8 Å². The highest BCUT2D eigenvalue weighted by molar-refractivity contribution is 5.98. The van der Waals surface area contributed by atoms with Gasteiger partial charge >= 0.3 is 0 Å². The van der Waals surface area contributed by atoms with E-state index in [0.29, 0.717) is 43.6 Å². The van der Waals surface area contributed by atoms with Crippen LogP contribution in [0.3, 0.4) is 0 Å². The highest BCUT2D eigenvalue weighted by Gasteiger charge is 2.49. The zero-order valence-electron chi connectivity index (χ0n) is 22.3. The average molecular weight is 549 g/mol. The van der Waals surface area contributed by atoms with Crippen molar-refractivity contribution in [1.82, 2.24) is 14.9 Å². The summed E-state index contributed by atoms with van der Waals surface area (Å²) in [6.45, 7) is 2.93. The number of nitrogens with one attached hydrogen (secondary N) is 1. The molecule has 3 aromatic rings. The summed E-state index contributed by atoms with van der Waals surface area (Å²) in [4.78, 5) is 34.0. The Morgan fingerprint density at radius 3 is 2.70 bits per heavy atom. The van der Waals surface area contributed by atoms with Gasteiger partial charge in [0.1, 0.15) is 29.2 Å². The van der Waals surface area contributed by atoms with Crippen LogP contribution in [0.25, 0.3) is 16.7 Å². The van der Waals surface area contributed by atoms with Gasteiger partial charge in [-0.2, -0.15) is 0 Å². The summed E-state index contributed by atoms with van der Waals surface area (Å²) in [5.41, 5.74) is 0.272. The van der Waals surface area contributed by atoms with Gasteiger partial charge < -0.3 is 10.2 Å². The molecule has 4 unspecified atom stereocenters. The van der Waals surface area contributed by atoms with Gasteiger partial charge in [0.05, 0.1) is 16.6 Å². The van der Waals surface area contributed by atoms with Crippen LogP contribution in [0, 0.1) is 29.4 Å². The third-order valence-electron chi connectivity index (χ3n) is 9.38. The highest BCUT2D eigenvalue weighted by atomic mass is 19.1. The van der Waals surface area contributed by atoms with E-state index in [0.717, 1.165) is 37.3 Å². The number of piperidine rings is 1. The quantitative estimate of drug-likeness (QED) is 0.440. The standard InChI is InChI=1S/C31H31F3N4O2/c1-31(14-17-10-18-12-19(15-31)23(18)11-17)36-30(40)24-16-38(26-4-2-21(33)13-25(26)34)29-22(28(24)39)3-5-27(35-29)37-8-6-20(32)7-9-37/h2-5,13,15-18,20,23H,6-12,14H2,1H3,(H,36,40). The molecular weight excluding hydrogens is 517 g/mol. The molecule has 208 valence electrons. The SMILES string of the molecule is CC1(NC(=O)c2cn(-c3ccc(F)cc3F)c3nc(N4CCC(F)CC4)ccc3c2=O)C=C2CC3CC(CC23)C1. The zero-order valence-corrected chi connectivity index (χ0v) is 22.3. The number of benzene rings is 1. The Balaban J connectivity index is 1.32. The summed E-state index contributed by atoms with van der Waals surface area (Å²) in [7, 11) is 0. The molecule has 4 aliphatic rings. The van der Waals surface area contributed by atoms with E-state index in [9.17, 15) is 18.4 Å². The minimum Gasteiger partial charge on any atom is -0.356 e. The number of pyridine rings is 2. The predicted molar refractivity (Wildman–Crippen MR) is 146 cm³/mol. The number of fused-ring (bicyclic) bond motifs is 2. The van der Waals surface area contributed by atoms with Crippen LogP contribution >= 0.6 is 0 Å². The van der Waals surface area contributed by atoms with Crippen LogP contribution in [0.4, 0.5) is 19.0 Å². The third kappa shape index (κ3) is 4.21. The molecule has 0 spiro atoms. The molecule has 40 heavy (non-hydrogen) atoms. The number of rotatable bonds is 4. The number of hydrogen-bond donors (Lipinski definition) is 1. The minimum atomic E-state index is -0.865. The maximum absolute atomic E-state index is 15.1. The fraction of sp³-hybridized carbons (Fsp3) is 0.452. The van der Waals surface area contributed by atoms with E-state index in [1.165, 1.54) is 28.8 Å². The number of halogens is 3. The van der Waals surface area contributed by atoms with E-state index in [2.05, 4.69) is 16.4 Å². The molecular formula is C31H31F3N4O2. The van der Waals surface area contributed by atoms with Gasteiger partial charge in [0.15, 0.2) is 5.65 Å². The number of hydrogen-bond acceptors (Lipinski definition) is 4. The molecule has 3 fully saturated rings. The van der Waals surface area contributed by atoms with Crippen molar-refractivity contribution in [2.75, 3.05) is 18.0 Å². The van der Waals surface area contributed by atoms with Crippen molar-refractivity contribution in [3.05, 3.63) is 75.6 Å². The van der Waals surface area contributed by atoms with E-state index >= 15 is 4.39 Å². The highest BCUT2D eigenvalue weighted by Crippen LogP contribution is 2.57. The fourth-order valence-electron chi connectivity index (χ4n) is 7.50. The van der Waals surface area contributed by atoms with Crippen LogP contribution in [-0.2, 0) is 0 Å². The van der Waals surface area contributed by atoms with Crippen molar-refractivity contribution >= 4 is 22.8 Å². The first-order valence-corrected chi connectivity index (χ1v) is 14.1. The molecule has 7 rings (SSSR count). The Morgan fingerprint density at radius 1 is 1.12 bits per heavy atom. The molecule has 1 N–H and O–H groups in total. The lowest BCUT2D eigenvalue weighted by atomic mass is 9.69. The number of anilines is 1. The van der Waals surface area contributed by atoms with Crippen LogP contribution < -0.4 is 15.6 Å². The van der Waals surface area contributed by atoms with E-state index in [1.54, 1.807) is 12.1 Å². The molecule has 2 bridgehead atoms. The van der Waals surface area contributed by atoms with E-state index in [-0.39, 0.29) is 22.3 Å². The van der Waals surface area contributed by atoms with Gasteiger partial charge in [0.2, 0.25) is 5.43 Å². The number of amides is 1. The summed E-state index contributed by atoms with van der Waals surface area (Å²) < 4.78 is 44.0. The molecule has 2 saturated carbocycles. The van der Waals surface area contributed by atoms with E-state index in [4.69, 9.17) is 0 Å². The number of carbonyl (C=O) groups excluding carboxylic acids is 1. The predicted octanol–water partition coefficient (Wildman–Crippen LogP) is 5.47. The molecule has 0 radical (unpaired) electrons. The lowest BCUT2D eigenvalue weighted by Gasteiger charge is -2.39. The molecule has 9 heteroatoms. The summed E-state index contributed by atoms with van der Waals surface area (Å²) >= 11 is 0. The molecule has 1 aliphatic heterocycles. The van der Waals surface area contributed by atoms with Crippen LogP contribution in [0.5, 0.6) is 0 Å². The Labute approximate surface area is 229 Å². The van der Waals surface area contributed by atoms with Gasteiger partial charge in [-0.15, -0.1) is 0 Å². The van der Waals surface area contributed by atoms with Crippen molar-refractivity contribution in [2.24, 2.45) is 17.8 Å². The average Bonchev–Trinajstić information content (AvgIpc) is 3.17. The van der Waals surface area contributed by atoms with Crippen LogP contribution in [0.15, 0.2) is 53.0 Å². The summed E-state index contributed by atoms with van der Waals surface area (Å²) in [6.07, 6.45) is 7.59. The monoisotopic (exact) mass is 548 g/mol. The van der Waals surface area contributed by atoms with Crippen molar-refractivity contribution in [2.45, 2.75) is 57.2 Å². The first-order valence-electron chi connectivity index (χ1n) is 14.1. The molecule has 3 heterocycles. The van der Waals surface area contributed by atoms with Gasteiger partial charge in [0, 0.05) is 25.4 Å². The Bertz CT molecular complexity index is 1630. The summed E-state index contributed by atoms with van der Waals surface area (Å²) in [6, 6.07) is 6.40. The number of alkyl halides is 1. The maximum Gasteiger partial charge on any atom is 0.257 e. The Hall–Kier alpha value is -3.62. The Kier molecular flexibility index (Phi) is 5.84. The lowest BCUT2D eigenvalue weighted by Crippen LogP contribution is -2.48. The number of nitrogens with zero attached hydrogens (tertiary/aromatic N) is 3. The number of carbonyl (C=O) groups is 1. The van der Waals surface area contributed by atoms with Crippen molar-refractivity contribution in [3.8, 4) is 5.69 Å². The molecule has 6 nitrogen and oxygen atoms in total. The second-order valence-corrected chi connectivity index (χ2v) is 12.2. The summed E-state index contributed by atoms with van der Waals surface area (Å²) in [5.74, 6) is 0.327. The molecule has 1 amide bonds. The minimum absolute atomic E-state index is 0.0341. The molecule has 2 aromatic heterocycles. The van der Waals surface area contributed by atoms with Gasteiger partial charge in [-0.05, 0) is 87.5 Å². The molecule has 3 aliphatic carbocycles. The number of allylic oxidation sites excluding steroid dienone is 1. The molecule has 4 atom stereocenters. The lowest BCUT2D eigenvalue weighted by molar-refractivity contribution is 0.0910. The Morgan fingerprint density at radius 2 is 1.93 bits per heavy atom. The van der Waals surface area contributed by atoms with E-state index < -0.39 is 34.7 Å². The van der Waals surface area contributed by atoms with Crippen molar-refractivity contribution in [3.63, 3.8) is 0 Å². The fourth-order valence-corrected chi connectivity index (χ4v) is 7.50. The summed E-state index contributed by atoms with van der Waals surface area (Å²) in [5, 5.41) is 3.26. The van der Waals surface area contributed by atoms with Crippen molar-refractivity contribution in [1.29, 1.82) is 0 Å². The zero-order chi connectivity index (χ0) is 27.8. The first-order chi connectivity index (χ1) is 19.2.